The Kier molecular flexibility index (Phi) is 26.7. The zero-order chi connectivity index (χ0) is 27.2. The van der Waals surface area contributed by atoms with Crippen LogP contribution >= 0.6 is 0 Å². The van der Waals surface area contributed by atoms with Crippen LogP contribution in [0.2, 0.25) is 0 Å². The van der Waals surface area contributed by atoms with E-state index in [2.05, 4.69) is 70.0 Å². The van der Waals surface area contributed by atoms with E-state index in [1.54, 1.807) is 0 Å². The molecule has 0 bridgehead atoms. The van der Waals surface area contributed by atoms with Crippen molar-refractivity contribution in [1.29, 1.82) is 0 Å². The molecule has 38 heavy (non-hydrogen) atoms. The van der Waals surface area contributed by atoms with E-state index in [9.17, 15) is 0 Å². The summed E-state index contributed by atoms with van der Waals surface area (Å²) in [5, 5.41) is 21.4. The number of rotatable bonds is 30. The minimum absolute atomic E-state index is 0.952. The van der Waals surface area contributed by atoms with Gasteiger partial charge in [-0.25, -0.2) is 0 Å². The zero-order valence-electron chi connectivity index (χ0n) is 25.3. The molecule has 222 valence electrons. The lowest BCUT2D eigenvalue weighted by molar-refractivity contribution is 0.550. The lowest BCUT2D eigenvalue weighted by atomic mass is 10.1. The molecular weight excluding hydrogens is 468 g/mol. The molecule has 6 nitrogen and oxygen atoms in total. The lowest BCUT2D eigenvalue weighted by Crippen LogP contribution is -2.25. The maximum absolute atomic E-state index is 3.60. The highest BCUT2D eigenvalue weighted by molar-refractivity contribution is 5.23. The smallest absolute Gasteiger partial charge is 0.0205 e. The Morgan fingerprint density at radius 1 is 0.395 bits per heavy atom. The van der Waals surface area contributed by atoms with Gasteiger partial charge in [-0.2, -0.15) is 0 Å². The number of nitrogens with one attached hydrogen (secondary N) is 6. The van der Waals surface area contributed by atoms with Crippen molar-refractivity contribution in [3.63, 3.8) is 0 Å². The van der Waals surface area contributed by atoms with Crippen molar-refractivity contribution in [2.24, 2.45) is 0 Å². The Labute approximate surface area is 236 Å². The van der Waals surface area contributed by atoms with Crippen LogP contribution < -0.4 is 31.9 Å². The van der Waals surface area contributed by atoms with Crippen LogP contribution in [0.3, 0.4) is 0 Å². The highest BCUT2D eigenvalue weighted by Gasteiger charge is 1.98. The molecule has 1 rings (SSSR count). The van der Waals surface area contributed by atoms with Gasteiger partial charge in [-0.3, -0.25) is 0 Å². The van der Waals surface area contributed by atoms with Crippen LogP contribution in [0.5, 0.6) is 0 Å². The first-order valence-corrected chi connectivity index (χ1v) is 16.2. The molecule has 0 aliphatic heterocycles. The molecular formula is C32H64N6. The summed E-state index contributed by atoms with van der Waals surface area (Å²) in [6, 6.07) is 8.98. The fraction of sp³-hybridized carbons (Fsp3) is 0.812. The minimum Gasteiger partial charge on any atom is -0.317 e. The average molecular weight is 533 g/mol. The van der Waals surface area contributed by atoms with Crippen molar-refractivity contribution < 1.29 is 0 Å². The summed E-state index contributed by atoms with van der Waals surface area (Å²) in [5.74, 6) is 0. The van der Waals surface area contributed by atoms with Crippen LogP contribution in [0.1, 0.15) is 102 Å². The summed E-state index contributed by atoms with van der Waals surface area (Å²) >= 11 is 0. The van der Waals surface area contributed by atoms with E-state index in [-0.39, 0.29) is 0 Å². The SMILES string of the molecule is CCCCCCNCCCNCCCNCc1cccc(CNCCCNCCCNCCCCCC)c1. The molecule has 0 aromatic heterocycles. The summed E-state index contributed by atoms with van der Waals surface area (Å²) in [7, 11) is 0. The quantitative estimate of drug-likeness (QED) is 0.0788. The third-order valence-corrected chi connectivity index (χ3v) is 6.89. The number of hydrogen-bond acceptors (Lipinski definition) is 6. The van der Waals surface area contributed by atoms with Gasteiger partial charge in [-0.05, 0) is 115 Å². The predicted octanol–water partition coefficient (Wildman–Crippen LogP) is 4.95. The molecule has 0 radical (unpaired) electrons. The molecule has 0 aliphatic rings. The first-order valence-electron chi connectivity index (χ1n) is 16.2. The van der Waals surface area contributed by atoms with Gasteiger partial charge in [-0.15, -0.1) is 0 Å². The second-order valence-electron chi connectivity index (χ2n) is 10.7. The normalized spacial score (nSPS) is 11.4. The van der Waals surface area contributed by atoms with Crippen LogP contribution in [0.15, 0.2) is 24.3 Å². The third-order valence-electron chi connectivity index (χ3n) is 6.89. The summed E-state index contributed by atoms with van der Waals surface area (Å²) in [4.78, 5) is 0. The first kappa shape index (κ1) is 35.0. The largest absolute Gasteiger partial charge is 0.317 e. The van der Waals surface area contributed by atoms with E-state index in [4.69, 9.17) is 0 Å². The maximum atomic E-state index is 3.60. The Bertz CT molecular complexity index is 550. The number of unbranched alkanes of at least 4 members (excludes halogenated alkanes) is 6. The van der Waals surface area contributed by atoms with E-state index in [1.165, 1.54) is 101 Å². The molecule has 0 spiro atoms. The molecule has 0 aliphatic carbocycles. The molecule has 0 fully saturated rings. The van der Waals surface area contributed by atoms with Crippen LogP contribution in [-0.2, 0) is 13.1 Å². The number of hydrogen-bond donors (Lipinski definition) is 6. The van der Waals surface area contributed by atoms with Gasteiger partial charge in [0.15, 0.2) is 0 Å². The zero-order valence-corrected chi connectivity index (χ0v) is 25.3. The van der Waals surface area contributed by atoms with Gasteiger partial charge in [0.25, 0.3) is 0 Å². The molecule has 6 heteroatoms. The second kappa shape index (κ2) is 29.0. The van der Waals surface area contributed by atoms with E-state index in [0.29, 0.717) is 0 Å². The topological polar surface area (TPSA) is 72.2 Å². The van der Waals surface area contributed by atoms with Crippen molar-refractivity contribution in [3.8, 4) is 0 Å². The highest BCUT2D eigenvalue weighted by Crippen LogP contribution is 2.05. The summed E-state index contributed by atoms with van der Waals surface area (Å²) < 4.78 is 0. The fourth-order valence-electron chi connectivity index (χ4n) is 4.52. The minimum atomic E-state index is 0.952. The Morgan fingerprint density at radius 2 is 0.737 bits per heavy atom. The van der Waals surface area contributed by atoms with Crippen LogP contribution in [0.25, 0.3) is 0 Å². The van der Waals surface area contributed by atoms with Crippen molar-refractivity contribution in [1.82, 2.24) is 31.9 Å². The van der Waals surface area contributed by atoms with Crippen molar-refractivity contribution in [2.45, 2.75) is 104 Å². The molecule has 0 heterocycles. The van der Waals surface area contributed by atoms with Crippen LogP contribution in [0, 0.1) is 0 Å². The first-order chi connectivity index (χ1) is 18.9. The Balaban J connectivity index is 1.88. The molecule has 1 aromatic rings. The highest BCUT2D eigenvalue weighted by atomic mass is 14.9. The van der Waals surface area contributed by atoms with Gasteiger partial charge in [0, 0.05) is 13.1 Å². The number of benzene rings is 1. The molecule has 6 N–H and O–H groups in total. The maximum Gasteiger partial charge on any atom is 0.0205 e. The van der Waals surface area contributed by atoms with Crippen molar-refractivity contribution in [2.75, 3.05) is 65.4 Å². The van der Waals surface area contributed by atoms with Gasteiger partial charge in [0.05, 0.1) is 0 Å². The molecule has 0 saturated heterocycles. The Hall–Kier alpha value is -1.02. The van der Waals surface area contributed by atoms with Gasteiger partial charge in [-0.1, -0.05) is 76.6 Å². The van der Waals surface area contributed by atoms with Crippen molar-refractivity contribution >= 4 is 0 Å². The van der Waals surface area contributed by atoms with Crippen LogP contribution in [-0.4, -0.2) is 65.4 Å². The standard InChI is InChI=1S/C32H64N6/c1-3-5-7-9-18-33-20-12-22-35-24-14-26-37-29-31-16-11-17-32(28-31)30-38-27-15-25-36-23-13-21-34-19-10-8-6-4-2/h11,16-17,28,33-38H,3-10,12-15,18-27,29-30H2,1-2H3. The van der Waals surface area contributed by atoms with E-state index >= 15 is 0 Å². The van der Waals surface area contributed by atoms with Gasteiger partial charge < -0.3 is 31.9 Å². The average Bonchev–Trinajstić information content (AvgIpc) is 2.93. The molecule has 0 unspecified atom stereocenters. The van der Waals surface area contributed by atoms with E-state index in [0.717, 1.165) is 65.4 Å². The van der Waals surface area contributed by atoms with Crippen molar-refractivity contribution in [3.05, 3.63) is 35.4 Å². The predicted molar refractivity (Wildman–Crippen MR) is 168 cm³/mol. The molecule has 0 atom stereocenters. The van der Waals surface area contributed by atoms with Gasteiger partial charge in [0.2, 0.25) is 0 Å². The fourth-order valence-corrected chi connectivity index (χ4v) is 4.52. The Morgan fingerprint density at radius 3 is 1.11 bits per heavy atom. The third kappa shape index (κ3) is 24.1. The molecule has 0 saturated carbocycles. The monoisotopic (exact) mass is 533 g/mol. The van der Waals surface area contributed by atoms with E-state index < -0.39 is 0 Å². The van der Waals surface area contributed by atoms with E-state index in [1.807, 2.05) is 0 Å². The summed E-state index contributed by atoms with van der Waals surface area (Å²) in [5.41, 5.74) is 2.76. The molecule has 0 amide bonds. The van der Waals surface area contributed by atoms with Gasteiger partial charge in [0.1, 0.15) is 0 Å². The van der Waals surface area contributed by atoms with Crippen LogP contribution in [0.4, 0.5) is 0 Å². The molecule has 1 aromatic carbocycles. The summed E-state index contributed by atoms with van der Waals surface area (Å²) in [6.07, 6.45) is 15.5. The second-order valence-corrected chi connectivity index (χ2v) is 10.7. The lowest BCUT2D eigenvalue weighted by Gasteiger charge is -2.10. The summed E-state index contributed by atoms with van der Waals surface area (Å²) in [6.45, 7) is 17.6. The van der Waals surface area contributed by atoms with Gasteiger partial charge >= 0.3 is 0 Å².